The molecule has 2 saturated carbocycles. The summed E-state index contributed by atoms with van der Waals surface area (Å²) in [4.78, 5) is 13.8. The molecule has 0 spiro atoms. The molecule has 3 fully saturated rings. The minimum atomic E-state index is -0.293. The molecular weight excluding hydrogens is 206 g/mol. The fourth-order valence-corrected chi connectivity index (χ4v) is 4.11. The Morgan fingerprint density at radius 3 is 2.88 bits per heavy atom. The predicted octanol–water partition coefficient (Wildman–Crippen LogP) is 0.251. The number of methoxy groups -OCH3 is 1. The van der Waals surface area contributed by atoms with Crippen molar-refractivity contribution in [1.82, 2.24) is 4.90 Å². The Kier molecular flexibility index (Phi) is 2.44. The minimum absolute atomic E-state index is 0.0452. The molecule has 0 radical (unpaired) electrons. The largest absolute Gasteiger partial charge is 0.391 e. The number of hydrogen-bond acceptors (Lipinski definition) is 3. The Bertz CT molecular complexity index is 303. The number of carbonyl (C=O) groups is 1. The highest BCUT2D eigenvalue weighted by molar-refractivity contribution is 5.78. The summed E-state index contributed by atoms with van der Waals surface area (Å²) in [5.41, 5.74) is 0. The normalized spacial score (nSPS) is 45.1. The molecule has 1 saturated heterocycles. The van der Waals surface area contributed by atoms with Gasteiger partial charge in [0.1, 0.15) is 6.61 Å². The van der Waals surface area contributed by atoms with Crippen molar-refractivity contribution in [1.29, 1.82) is 0 Å². The number of aliphatic hydroxyl groups is 1. The van der Waals surface area contributed by atoms with Gasteiger partial charge in [-0.05, 0) is 37.0 Å². The number of nitrogens with zero attached hydrogens (tertiary/aromatic N) is 1. The van der Waals surface area contributed by atoms with E-state index in [1.54, 1.807) is 7.11 Å². The van der Waals surface area contributed by atoms with E-state index < -0.39 is 0 Å². The van der Waals surface area contributed by atoms with Crippen LogP contribution in [0.5, 0.6) is 0 Å². The van der Waals surface area contributed by atoms with Gasteiger partial charge in [0.05, 0.1) is 12.1 Å². The molecule has 0 aromatic heterocycles. The van der Waals surface area contributed by atoms with Crippen molar-refractivity contribution in [2.75, 3.05) is 20.3 Å². The lowest BCUT2D eigenvalue weighted by Gasteiger charge is -2.42. The number of rotatable bonds is 2. The van der Waals surface area contributed by atoms with Crippen molar-refractivity contribution in [2.24, 2.45) is 17.8 Å². The lowest BCUT2D eigenvalue weighted by atomic mass is 9.78. The third-order valence-corrected chi connectivity index (χ3v) is 4.60. The van der Waals surface area contributed by atoms with E-state index in [4.69, 9.17) is 4.74 Å². The molecule has 1 N–H and O–H groups in total. The predicted molar refractivity (Wildman–Crippen MR) is 57.7 cm³/mol. The van der Waals surface area contributed by atoms with Crippen LogP contribution < -0.4 is 0 Å². The van der Waals surface area contributed by atoms with Gasteiger partial charge in [-0.15, -0.1) is 0 Å². The lowest BCUT2D eigenvalue weighted by molar-refractivity contribution is -0.143. The number of likely N-dealkylation sites (tertiary alicyclic amines) is 1. The highest BCUT2D eigenvalue weighted by atomic mass is 16.5. The molecule has 0 aromatic carbocycles. The topological polar surface area (TPSA) is 49.8 Å². The third kappa shape index (κ3) is 1.39. The van der Waals surface area contributed by atoms with Gasteiger partial charge in [0, 0.05) is 13.7 Å². The summed E-state index contributed by atoms with van der Waals surface area (Å²) in [5.74, 6) is 1.63. The molecule has 1 aliphatic heterocycles. The van der Waals surface area contributed by atoms with Gasteiger partial charge in [0.25, 0.3) is 0 Å². The highest BCUT2D eigenvalue weighted by Gasteiger charge is 2.54. The summed E-state index contributed by atoms with van der Waals surface area (Å²) < 4.78 is 4.92. The van der Waals surface area contributed by atoms with Crippen LogP contribution in [0, 0.1) is 17.8 Å². The van der Waals surface area contributed by atoms with E-state index >= 15 is 0 Å². The van der Waals surface area contributed by atoms with Crippen LogP contribution in [0.25, 0.3) is 0 Å². The van der Waals surface area contributed by atoms with Crippen molar-refractivity contribution in [2.45, 2.75) is 31.4 Å². The summed E-state index contributed by atoms with van der Waals surface area (Å²) in [6, 6.07) is 0.0754. The zero-order valence-corrected chi connectivity index (χ0v) is 9.63. The molecule has 3 aliphatic rings. The first kappa shape index (κ1) is 10.5. The summed E-state index contributed by atoms with van der Waals surface area (Å²) in [6.45, 7) is 0.976. The number of carbonyl (C=O) groups excluding carboxylic acids is 1. The Morgan fingerprint density at radius 1 is 1.38 bits per heavy atom. The Morgan fingerprint density at radius 2 is 2.12 bits per heavy atom. The molecule has 2 aliphatic carbocycles. The highest BCUT2D eigenvalue weighted by Crippen LogP contribution is 2.50. The van der Waals surface area contributed by atoms with E-state index in [0.717, 1.165) is 19.4 Å². The van der Waals surface area contributed by atoms with Crippen molar-refractivity contribution in [3.8, 4) is 0 Å². The molecular formula is C12H19NO3. The van der Waals surface area contributed by atoms with E-state index in [0.29, 0.717) is 17.8 Å². The van der Waals surface area contributed by atoms with Crippen LogP contribution in [0.2, 0.25) is 0 Å². The van der Waals surface area contributed by atoms with Crippen molar-refractivity contribution in [3.05, 3.63) is 0 Å². The number of piperidine rings is 1. The van der Waals surface area contributed by atoms with Crippen LogP contribution >= 0.6 is 0 Å². The van der Waals surface area contributed by atoms with Crippen LogP contribution in [0.1, 0.15) is 19.3 Å². The molecule has 3 bridgehead atoms. The third-order valence-electron chi connectivity index (χ3n) is 4.60. The standard InChI is InChI=1S/C12H19NO3/c1-16-6-10(14)13-5-7-2-8-4-9(3-7)12(15)11(8)13/h7-9,11-12,15H,2-6H2,1H3/t7-,8+,9-,11?,12+/m1/s1. The smallest absolute Gasteiger partial charge is 0.248 e. The number of fused-ring (bicyclic) bond motifs is 2. The van der Waals surface area contributed by atoms with E-state index in [-0.39, 0.29) is 24.7 Å². The molecule has 4 heteroatoms. The summed E-state index contributed by atoms with van der Waals surface area (Å²) in [7, 11) is 1.55. The number of hydrogen-bond donors (Lipinski definition) is 1. The van der Waals surface area contributed by atoms with Crippen LogP contribution in [0.3, 0.4) is 0 Å². The van der Waals surface area contributed by atoms with Crippen LogP contribution in [-0.2, 0) is 9.53 Å². The SMILES string of the molecule is COCC(=O)N1C[C@@H]2C[C@H]3C[C@@H](C2)[C@H](O)C31. The zero-order valence-electron chi connectivity index (χ0n) is 9.63. The van der Waals surface area contributed by atoms with Gasteiger partial charge in [0.15, 0.2) is 0 Å². The van der Waals surface area contributed by atoms with Crippen LogP contribution in [0.15, 0.2) is 0 Å². The Hall–Kier alpha value is -0.610. The second-order valence-electron chi connectivity index (χ2n) is 5.55. The maximum atomic E-state index is 11.9. The van der Waals surface area contributed by atoms with E-state index in [1.807, 2.05) is 4.90 Å². The van der Waals surface area contributed by atoms with Gasteiger partial charge in [-0.1, -0.05) is 0 Å². The maximum absolute atomic E-state index is 11.9. The second kappa shape index (κ2) is 3.70. The van der Waals surface area contributed by atoms with Crippen molar-refractivity contribution >= 4 is 5.91 Å². The number of ether oxygens (including phenoxy) is 1. The Balaban J connectivity index is 1.83. The number of aliphatic hydroxyl groups excluding tert-OH is 1. The molecule has 0 aromatic rings. The monoisotopic (exact) mass is 225 g/mol. The molecule has 4 nitrogen and oxygen atoms in total. The fourth-order valence-electron chi connectivity index (χ4n) is 4.11. The first-order chi connectivity index (χ1) is 7.70. The van der Waals surface area contributed by atoms with E-state index in [1.165, 1.54) is 6.42 Å². The molecule has 1 unspecified atom stereocenters. The molecule has 3 rings (SSSR count). The quantitative estimate of drug-likeness (QED) is 0.733. The molecule has 16 heavy (non-hydrogen) atoms. The summed E-state index contributed by atoms with van der Waals surface area (Å²) in [6.07, 6.45) is 3.12. The first-order valence-corrected chi connectivity index (χ1v) is 6.17. The van der Waals surface area contributed by atoms with Crippen LogP contribution in [-0.4, -0.2) is 48.3 Å². The maximum Gasteiger partial charge on any atom is 0.248 e. The molecule has 90 valence electrons. The van der Waals surface area contributed by atoms with Gasteiger partial charge >= 0.3 is 0 Å². The van der Waals surface area contributed by atoms with Gasteiger partial charge in [-0.2, -0.15) is 0 Å². The van der Waals surface area contributed by atoms with Crippen molar-refractivity contribution in [3.63, 3.8) is 0 Å². The average molecular weight is 225 g/mol. The van der Waals surface area contributed by atoms with E-state index in [2.05, 4.69) is 0 Å². The molecule has 1 amide bonds. The first-order valence-electron chi connectivity index (χ1n) is 6.17. The van der Waals surface area contributed by atoms with Crippen molar-refractivity contribution < 1.29 is 14.6 Å². The van der Waals surface area contributed by atoms with Gasteiger partial charge in [-0.25, -0.2) is 0 Å². The number of amides is 1. The summed E-state index contributed by atoms with van der Waals surface area (Å²) >= 11 is 0. The van der Waals surface area contributed by atoms with E-state index in [9.17, 15) is 9.90 Å². The fraction of sp³-hybridized carbons (Fsp3) is 0.917. The average Bonchev–Trinajstić information content (AvgIpc) is 2.41. The lowest BCUT2D eigenvalue weighted by Crippen LogP contribution is -2.53. The molecule has 1 heterocycles. The Labute approximate surface area is 95.6 Å². The van der Waals surface area contributed by atoms with Gasteiger partial charge < -0.3 is 14.7 Å². The van der Waals surface area contributed by atoms with Gasteiger partial charge in [-0.3, -0.25) is 4.79 Å². The zero-order chi connectivity index (χ0) is 11.3. The molecule has 5 atom stereocenters. The van der Waals surface area contributed by atoms with Gasteiger partial charge in [0.2, 0.25) is 5.91 Å². The van der Waals surface area contributed by atoms with Crippen LogP contribution in [0.4, 0.5) is 0 Å². The minimum Gasteiger partial charge on any atom is -0.391 e. The second-order valence-corrected chi connectivity index (χ2v) is 5.55. The summed E-state index contributed by atoms with van der Waals surface area (Å²) in [5, 5.41) is 10.2.